The van der Waals surface area contributed by atoms with E-state index in [0.717, 1.165) is 24.6 Å². The SMILES string of the molecule is CCCCCCCCCCNCCS(=O)CC. The molecule has 17 heavy (non-hydrogen) atoms. The molecule has 3 heteroatoms. The van der Waals surface area contributed by atoms with Crippen molar-refractivity contribution >= 4 is 10.8 Å². The maximum atomic E-state index is 11.1. The molecular formula is C14H31NOS. The Kier molecular flexibility index (Phi) is 14.3. The molecule has 0 aromatic carbocycles. The Hall–Kier alpha value is 0.110. The highest BCUT2D eigenvalue weighted by atomic mass is 32.2. The van der Waals surface area contributed by atoms with E-state index in [1.807, 2.05) is 6.92 Å². The van der Waals surface area contributed by atoms with Gasteiger partial charge in [-0.05, 0) is 13.0 Å². The molecule has 0 rings (SSSR count). The van der Waals surface area contributed by atoms with Crippen molar-refractivity contribution in [3.8, 4) is 0 Å². The number of hydrogen-bond donors (Lipinski definition) is 1. The highest BCUT2D eigenvalue weighted by Crippen LogP contribution is 2.07. The second-order valence-electron chi connectivity index (χ2n) is 4.66. The van der Waals surface area contributed by atoms with Crippen molar-refractivity contribution in [1.82, 2.24) is 5.32 Å². The lowest BCUT2D eigenvalue weighted by molar-refractivity contribution is 0.560. The summed E-state index contributed by atoms with van der Waals surface area (Å²) in [6.07, 6.45) is 11.0. The van der Waals surface area contributed by atoms with Crippen LogP contribution < -0.4 is 5.32 Å². The Morgan fingerprint density at radius 3 is 2.00 bits per heavy atom. The molecule has 0 fully saturated rings. The van der Waals surface area contributed by atoms with Gasteiger partial charge in [0.05, 0.1) is 0 Å². The highest BCUT2D eigenvalue weighted by Gasteiger charge is 1.95. The molecule has 0 bridgehead atoms. The van der Waals surface area contributed by atoms with E-state index in [2.05, 4.69) is 12.2 Å². The number of unbranched alkanes of at least 4 members (excludes halogenated alkanes) is 7. The zero-order valence-electron chi connectivity index (χ0n) is 11.8. The van der Waals surface area contributed by atoms with Gasteiger partial charge in [0.1, 0.15) is 0 Å². The maximum absolute atomic E-state index is 11.1. The summed E-state index contributed by atoms with van der Waals surface area (Å²) >= 11 is 0. The first-order chi connectivity index (χ1) is 8.31. The zero-order chi connectivity index (χ0) is 12.8. The first kappa shape index (κ1) is 17.1. The van der Waals surface area contributed by atoms with Crippen molar-refractivity contribution < 1.29 is 4.21 Å². The van der Waals surface area contributed by atoms with Crippen molar-refractivity contribution in [3.05, 3.63) is 0 Å². The Bertz CT molecular complexity index is 174. The predicted molar refractivity (Wildman–Crippen MR) is 79.0 cm³/mol. The van der Waals surface area contributed by atoms with Crippen LogP contribution in [0.1, 0.15) is 65.2 Å². The van der Waals surface area contributed by atoms with E-state index in [1.165, 1.54) is 51.4 Å². The summed E-state index contributed by atoms with van der Waals surface area (Å²) in [5.41, 5.74) is 0. The summed E-state index contributed by atoms with van der Waals surface area (Å²) in [6.45, 7) is 6.25. The average Bonchev–Trinajstić information content (AvgIpc) is 2.35. The van der Waals surface area contributed by atoms with Gasteiger partial charge in [-0.25, -0.2) is 0 Å². The molecule has 2 nitrogen and oxygen atoms in total. The summed E-state index contributed by atoms with van der Waals surface area (Å²) in [5.74, 6) is 1.60. The van der Waals surface area contributed by atoms with Gasteiger partial charge >= 0.3 is 0 Å². The molecule has 0 saturated heterocycles. The molecule has 1 N–H and O–H groups in total. The van der Waals surface area contributed by atoms with Crippen molar-refractivity contribution in [2.75, 3.05) is 24.6 Å². The fraction of sp³-hybridized carbons (Fsp3) is 1.00. The third-order valence-corrected chi connectivity index (χ3v) is 4.34. The lowest BCUT2D eigenvalue weighted by atomic mass is 10.1. The largest absolute Gasteiger partial charge is 0.316 e. The molecule has 0 heterocycles. The second-order valence-corrected chi connectivity index (χ2v) is 6.52. The van der Waals surface area contributed by atoms with Crippen LogP contribution in [0.25, 0.3) is 0 Å². The summed E-state index contributed by atoms with van der Waals surface area (Å²) in [5, 5.41) is 3.37. The number of nitrogens with one attached hydrogen (secondary N) is 1. The first-order valence-corrected chi connectivity index (χ1v) is 8.85. The number of rotatable bonds is 13. The van der Waals surface area contributed by atoms with Gasteiger partial charge < -0.3 is 5.32 Å². The normalized spacial score (nSPS) is 12.8. The molecule has 0 aliphatic heterocycles. The molecule has 1 unspecified atom stereocenters. The van der Waals surface area contributed by atoms with Gasteiger partial charge in [0.15, 0.2) is 0 Å². The van der Waals surface area contributed by atoms with Gasteiger partial charge in [-0.15, -0.1) is 0 Å². The van der Waals surface area contributed by atoms with Crippen LogP contribution in [0.2, 0.25) is 0 Å². The smallest absolute Gasteiger partial charge is 0.0359 e. The van der Waals surface area contributed by atoms with Crippen LogP contribution in [0.3, 0.4) is 0 Å². The fourth-order valence-electron chi connectivity index (χ4n) is 1.84. The third-order valence-electron chi connectivity index (χ3n) is 3.04. The molecule has 0 amide bonds. The van der Waals surface area contributed by atoms with Crippen LogP contribution in [-0.4, -0.2) is 28.8 Å². The topological polar surface area (TPSA) is 29.1 Å². The van der Waals surface area contributed by atoms with Gasteiger partial charge in [0.25, 0.3) is 0 Å². The standard InChI is InChI=1S/C14H31NOS/c1-3-5-6-7-8-9-10-11-12-15-13-14-17(16)4-2/h15H,3-14H2,1-2H3. The first-order valence-electron chi connectivity index (χ1n) is 7.37. The lowest BCUT2D eigenvalue weighted by Crippen LogP contribution is -2.22. The summed E-state index contributed by atoms with van der Waals surface area (Å²) < 4.78 is 11.1. The van der Waals surface area contributed by atoms with E-state index in [-0.39, 0.29) is 0 Å². The third kappa shape index (κ3) is 14.0. The van der Waals surface area contributed by atoms with Gasteiger partial charge in [-0.3, -0.25) is 4.21 Å². The van der Waals surface area contributed by atoms with Crippen molar-refractivity contribution in [3.63, 3.8) is 0 Å². The van der Waals surface area contributed by atoms with E-state index in [9.17, 15) is 4.21 Å². The molecule has 1 atom stereocenters. The molecule has 0 aliphatic carbocycles. The predicted octanol–water partition coefficient (Wildman–Crippen LogP) is 3.49. The molecule has 0 spiro atoms. The van der Waals surface area contributed by atoms with Crippen molar-refractivity contribution in [1.29, 1.82) is 0 Å². The van der Waals surface area contributed by atoms with Crippen LogP contribution in [0.4, 0.5) is 0 Å². The molecule has 104 valence electrons. The van der Waals surface area contributed by atoms with E-state index < -0.39 is 10.8 Å². The van der Waals surface area contributed by atoms with Gasteiger partial charge in [-0.1, -0.05) is 58.8 Å². The van der Waals surface area contributed by atoms with Gasteiger partial charge in [0, 0.05) is 28.9 Å². The summed E-state index contributed by atoms with van der Waals surface area (Å²) in [4.78, 5) is 0. The summed E-state index contributed by atoms with van der Waals surface area (Å²) in [7, 11) is -0.603. The van der Waals surface area contributed by atoms with Crippen LogP contribution in [0, 0.1) is 0 Å². The number of hydrogen-bond acceptors (Lipinski definition) is 2. The van der Waals surface area contributed by atoms with Gasteiger partial charge in [0.2, 0.25) is 0 Å². The Morgan fingerprint density at radius 2 is 1.41 bits per heavy atom. The van der Waals surface area contributed by atoms with Crippen molar-refractivity contribution in [2.24, 2.45) is 0 Å². The molecule has 0 radical (unpaired) electrons. The summed E-state index contributed by atoms with van der Waals surface area (Å²) in [6, 6.07) is 0. The monoisotopic (exact) mass is 261 g/mol. The van der Waals surface area contributed by atoms with Crippen LogP contribution in [0.5, 0.6) is 0 Å². The molecule has 0 saturated carbocycles. The van der Waals surface area contributed by atoms with E-state index in [1.54, 1.807) is 0 Å². The Balaban J connectivity index is 2.96. The Labute approximate surface area is 110 Å². The Morgan fingerprint density at radius 1 is 0.824 bits per heavy atom. The second kappa shape index (κ2) is 14.2. The van der Waals surface area contributed by atoms with Crippen LogP contribution in [0.15, 0.2) is 0 Å². The fourth-order valence-corrected chi connectivity index (χ4v) is 2.50. The maximum Gasteiger partial charge on any atom is 0.0359 e. The van der Waals surface area contributed by atoms with Crippen LogP contribution >= 0.6 is 0 Å². The van der Waals surface area contributed by atoms with E-state index in [4.69, 9.17) is 0 Å². The minimum absolute atomic E-state index is 0.603. The molecule has 0 aromatic rings. The molecule has 0 aromatic heterocycles. The zero-order valence-corrected chi connectivity index (χ0v) is 12.6. The molecule has 0 aliphatic rings. The van der Waals surface area contributed by atoms with E-state index in [0.29, 0.717) is 0 Å². The lowest BCUT2D eigenvalue weighted by Gasteiger charge is -2.04. The molecular weight excluding hydrogens is 230 g/mol. The van der Waals surface area contributed by atoms with E-state index >= 15 is 0 Å². The average molecular weight is 261 g/mol. The van der Waals surface area contributed by atoms with Crippen LogP contribution in [-0.2, 0) is 10.8 Å². The highest BCUT2D eigenvalue weighted by molar-refractivity contribution is 7.84. The van der Waals surface area contributed by atoms with Crippen molar-refractivity contribution in [2.45, 2.75) is 65.2 Å². The minimum Gasteiger partial charge on any atom is -0.316 e. The van der Waals surface area contributed by atoms with Gasteiger partial charge in [-0.2, -0.15) is 0 Å². The minimum atomic E-state index is -0.603. The quantitative estimate of drug-likeness (QED) is 0.514.